The number of benzene rings is 1. The highest BCUT2D eigenvalue weighted by Gasteiger charge is 2.18. The van der Waals surface area contributed by atoms with Crippen LogP contribution in [0.5, 0.6) is 0 Å². The number of aromatic nitrogens is 1. The first kappa shape index (κ1) is 15.1. The minimum absolute atomic E-state index is 0.339. The zero-order valence-electron chi connectivity index (χ0n) is 11.8. The molecule has 1 unspecified atom stereocenters. The molecule has 2 rings (SSSR count). The van der Waals surface area contributed by atoms with Gasteiger partial charge in [0, 0.05) is 22.7 Å². The second-order valence-corrected chi connectivity index (χ2v) is 4.89. The molecular weight excluding hydrogens is 270 g/mol. The standard InChI is InChI=1S/C15H19N3O3/c1-2-12(15(20)21)18-14(19)9-3-4-13-11(7-9)10(5-6-16)8-17-13/h3-4,7-8,12,17H,2,5-6,16H2,1H3,(H,18,19)(H,20,21). The molecule has 112 valence electrons. The highest BCUT2D eigenvalue weighted by atomic mass is 16.4. The van der Waals surface area contributed by atoms with Crippen molar-refractivity contribution in [1.82, 2.24) is 10.3 Å². The van der Waals surface area contributed by atoms with Crippen LogP contribution < -0.4 is 11.1 Å². The monoisotopic (exact) mass is 289 g/mol. The predicted molar refractivity (Wildman–Crippen MR) is 80.2 cm³/mol. The Morgan fingerprint density at radius 2 is 2.19 bits per heavy atom. The molecule has 0 spiro atoms. The summed E-state index contributed by atoms with van der Waals surface area (Å²) < 4.78 is 0. The quantitative estimate of drug-likeness (QED) is 0.642. The van der Waals surface area contributed by atoms with Gasteiger partial charge in [0.05, 0.1) is 0 Å². The van der Waals surface area contributed by atoms with Crippen molar-refractivity contribution in [3.8, 4) is 0 Å². The molecule has 0 aliphatic rings. The summed E-state index contributed by atoms with van der Waals surface area (Å²) in [5.74, 6) is -1.41. The lowest BCUT2D eigenvalue weighted by Gasteiger charge is -2.12. The van der Waals surface area contributed by atoms with Crippen molar-refractivity contribution < 1.29 is 14.7 Å². The average molecular weight is 289 g/mol. The smallest absolute Gasteiger partial charge is 0.326 e. The summed E-state index contributed by atoms with van der Waals surface area (Å²) in [6.07, 6.45) is 2.94. The third-order valence-electron chi connectivity index (χ3n) is 3.45. The van der Waals surface area contributed by atoms with Crippen LogP contribution in [0.15, 0.2) is 24.4 Å². The van der Waals surface area contributed by atoms with E-state index in [9.17, 15) is 9.59 Å². The van der Waals surface area contributed by atoms with E-state index in [1.165, 1.54) is 0 Å². The number of aliphatic carboxylic acids is 1. The van der Waals surface area contributed by atoms with Crippen LogP contribution in [0, 0.1) is 0 Å². The first-order valence-corrected chi connectivity index (χ1v) is 6.90. The van der Waals surface area contributed by atoms with E-state index in [1.54, 1.807) is 19.1 Å². The van der Waals surface area contributed by atoms with E-state index in [2.05, 4.69) is 10.3 Å². The lowest BCUT2D eigenvalue weighted by atomic mass is 10.1. The fourth-order valence-electron chi connectivity index (χ4n) is 2.26. The molecule has 6 heteroatoms. The van der Waals surface area contributed by atoms with Crippen LogP contribution in [0.25, 0.3) is 10.9 Å². The molecule has 2 aromatic rings. The number of rotatable bonds is 6. The molecule has 6 nitrogen and oxygen atoms in total. The fourth-order valence-corrected chi connectivity index (χ4v) is 2.26. The molecule has 0 aliphatic carbocycles. The molecular formula is C15H19N3O3. The van der Waals surface area contributed by atoms with Gasteiger partial charge >= 0.3 is 5.97 Å². The molecule has 0 saturated carbocycles. The SMILES string of the molecule is CCC(NC(=O)c1ccc2[nH]cc(CCN)c2c1)C(=O)O. The summed E-state index contributed by atoms with van der Waals surface area (Å²) in [4.78, 5) is 26.2. The van der Waals surface area contributed by atoms with E-state index in [4.69, 9.17) is 10.8 Å². The Balaban J connectivity index is 2.27. The van der Waals surface area contributed by atoms with E-state index in [0.717, 1.165) is 22.9 Å². The molecule has 5 N–H and O–H groups in total. The normalized spacial score (nSPS) is 12.3. The number of H-pyrrole nitrogens is 1. The van der Waals surface area contributed by atoms with E-state index >= 15 is 0 Å². The summed E-state index contributed by atoms with van der Waals surface area (Å²) in [7, 11) is 0. The molecule has 1 heterocycles. The Morgan fingerprint density at radius 1 is 1.43 bits per heavy atom. The summed E-state index contributed by atoms with van der Waals surface area (Å²) in [6, 6.07) is 4.38. The number of nitrogens with two attached hydrogens (primary N) is 1. The summed E-state index contributed by atoms with van der Waals surface area (Å²) >= 11 is 0. The van der Waals surface area contributed by atoms with Gasteiger partial charge in [-0.3, -0.25) is 4.79 Å². The molecule has 0 aliphatic heterocycles. The zero-order valence-corrected chi connectivity index (χ0v) is 11.8. The van der Waals surface area contributed by atoms with Crippen molar-refractivity contribution >= 4 is 22.8 Å². The fraction of sp³-hybridized carbons (Fsp3) is 0.333. The van der Waals surface area contributed by atoms with Crippen LogP contribution >= 0.6 is 0 Å². The number of amides is 1. The molecule has 0 bridgehead atoms. The summed E-state index contributed by atoms with van der Waals surface area (Å²) in [6.45, 7) is 2.24. The van der Waals surface area contributed by atoms with Crippen LogP contribution in [-0.4, -0.2) is 34.6 Å². The highest BCUT2D eigenvalue weighted by Crippen LogP contribution is 2.20. The van der Waals surface area contributed by atoms with Gasteiger partial charge in [0.1, 0.15) is 6.04 Å². The van der Waals surface area contributed by atoms with Gasteiger partial charge in [0.15, 0.2) is 0 Å². The number of fused-ring (bicyclic) bond motifs is 1. The molecule has 0 saturated heterocycles. The van der Waals surface area contributed by atoms with Crippen LogP contribution in [0.2, 0.25) is 0 Å². The minimum Gasteiger partial charge on any atom is -0.480 e. The minimum atomic E-state index is -1.03. The number of carbonyl (C=O) groups excluding carboxylic acids is 1. The Morgan fingerprint density at radius 3 is 2.81 bits per heavy atom. The van der Waals surface area contributed by atoms with Crippen LogP contribution in [0.1, 0.15) is 29.3 Å². The Hall–Kier alpha value is -2.34. The number of carboxylic acids is 1. The number of hydrogen-bond donors (Lipinski definition) is 4. The van der Waals surface area contributed by atoms with E-state index in [0.29, 0.717) is 18.5 Å². The molecule has 1 aromatic carbocycles. The first-order valence-electron chi connectivity index (χ1n) is 6.90. The molecule has 0 fully saturated rings. The number of carbonyl (C=O) groups is 2. The van der Waals surface area contributed by atoms with Gasteiger partial charge in [0.2, 0.25) is 0 Å². The lowest BCUT2D eigenvalue weighted by molar-refractivity contribution is -0.139. The van der Waals surface area contributed by atoms with Gasteiger partial charge in [-0.15, -0.1) is 0 Å². The summed E-state index contributed by atoms with van der Waals surface area (Å²) in [5, 5.41) is 12.4. The van der Waals surface area contributed by atoms with Crippen LogP contribution in [-0.2, 0) is 11.2 Å². The Bertz CT molecular complexity index is 663. The van der Waals surface area contributed by atoms with Crippen LogP contribution in [0.3, 0.4) is 0 Å². The van der Waals surface area contributed by atoms with Gasteiger partial charge in [-0.2, -0.15) is 0 Å². The zero-order chi connectivity index (χ0) is 15.4. The Kier molecular flexibility index (Phi) is 4.59. The highest BCUT2D eigenvalue weighted by molar-refractivity contribution is 6.00. The molecule has 1 amide bonds. The van der Waals surface area contributed by atoms with E-state index in [-0.39, 0.29) is 5.91 Å². The third-order valence-corrected chi connectivity index (χ3v) is 3.45. The van der Waals surface area contributed by atoms with Crippen molar-refractivity contribution in [2.24, 2.45) is 5.73 Å². The van der Waals surface area contributed by atoms with Crippen molar-refractivity contribution in [3.05, 3.63) is 35.5 Å². The summed E-state index contributed by atoms with van der Waals surface area (Å²) in [5.41, 5.74) is 7.99. The van der Waals surface area contributed by atoms with Gasteiger partial charge in [0.25, 0.3) is 5.91 Å². The topological polar surface area (TPSA) is 108 Å². The maximum absolute atomic E-state index is 12.1. The van der Waals surface area contributed by atoms with E-state index in [1.807, 2.05) is 12.3 Å². The largest absolute Gasteiger partial charge is 0.480 e. The maximum Gasteiger partial charge on any atom is 0.326 e. The van der Waals surface area contributed by atoms with Crippen molar-refractivity contribution in [2.45, 2.75) is 25.8 Å². The second kappa shape index (κ2) is 6.41. The third kappa shape index (κ3) is 3.22. The predicted octanol–water partition coefficient (Wildman–Crippen LogP) is 1.26. The molecule has 1 aromatic heterocycles. The van der Waals surface area contributed by atoms with Gasteiger partial charge < -0.3 is 21.1 Å². The average Bonchev–Trinajstić information content (AvgIpc) is 2.87. The van der Waals surface area contributed by atoms with Crippen LogP contribution in [0.4, 0.5) is 0 Å². The Labute approximate surface area is 122 Å². The lowest BCUT2D eigenvalue weighted by Crippen LogP contribution is -2.40. The maximum atomic E-state index is 12.1. The van der Waals surface area contributed by atoms with Crippen molar-refractivity contribution in [2.75, 3.05) is 6.54 Å². The number of aromatic amines is 1. The first-order chi connectivity index (χ1) is 10.1. The molecule has 21 heavy (non-hydrogen) atoms. The second-order valence-electron chi connectivity index (χ2n) is 4.89. The number of nitrogens with one attached hydrogen (secondary N) is 2. The molecule has 1 atom stereocenters. The molecule has 0 radical (unpaired) electrons. The van der Waals surface area contributed by atoms with Crippen molar-refractivity contribution in [1.29, 1.82) is 0 Å². The number of hydrogen-bond acceptors (Lipinski definition) is 3. The van der Waals surface area contributed by atoms with Crippen molar-refractivity contribution in [3.63, 3.8) is 0 Å². The van der Waals surface area contributed by atoms with Gasteiger partial charge in [-0.25, -0.2) is 4.79 Å². The number of carboxylic acid groups (broad SMARTS) is 1. The van der Waals surface area contributed by atoms with Gasteiger partial charge in [-0.1, -0.05) is 6.92 Å². The van der Waals surface area contributed by atoms with Gasteiger partial charge in [-0.05, 0) is 43.1 Å². The van der Waals surface area contributed by atoms with E-state index < -0.39 is 12.0 Å².